The predicted molar refractivity (Wildman–Crippen MR) is 61.3 cm³/mol. The first-order valence-corrected chi connectivity index (χ1v) is 6.51. The Hall–Kier alpha value is -1.47. The fraction of sp³-hybridized carbons (Fsp3) is 0.300. The summed E-state index contributed by atoms with van der Waals surface area (Å²) in [5.41, 5.74) is -0.133. The van der Waals surface area contributed by atoms with Crippen molar-refractivity contribution in [1.82, 2.24) is 0 Å². The molecule has 1 amide bonds. The number of benzene rings is 1. The average Bonchev–Trinajstić information content (AvgIpc) is 2.15. The maximum absolute atomic E-state index is 13.0. The number of nitrogens with one attached hydrogen (secondary N) is 1. The molecule has 1 rings (SSSR count). The van der Waals surface area contributed by atoms with Gasteiger partial charge in [0.15, 0.2) is 0 Å². The van der Waals surface area contributed by atoms with Crippen LogP contribution in [0, 0.1) is 5.82 Å². The van der Waals surface area contributed by atoms with E-state index in [9.17, 15) is 17.6 Å². The molecule has 0 saturated heterocycles. The van der Waals surface area contributed by atoms with Crippen molar-refractivity contribution in [3.63, 3.8) is 0 Å². The Morgan fingerprint density at radius 1 is 1.47 bits per heavy atom. The normalized spacial score (nSPS) is 11.2. The number of hydrogen-bond donors (Lipinski definition) is 2. The van der Waals surface area contributed by atoms with E-state index < -0.39 is 15.8 Å². The van der Waals surface area contributed by atoms with Gasteiger partial charge in [0.25, 0.3) is 0 Å². The number of anilines is 1. The van der Waals surface area contributed by atoms with Crippen molar-refractivity contribution in [2.75, 3.05) is 5.32 Å². The van der Waals surface area contributed by atoms with Crippen molar-refractivity contribution >= 4 is 21.6 Å². The number of sulfonamides is 1. The minimum absolute atomic E-state index is 0.133. The summed E-state index contributed by atoms with van der Waals surface area (Å²) in [6.07, 6.45) is 0.826. The van der Waals surface area contributed by atoms with Crippen molar-refractivity contribution in [3.8, 4) is 0 Å². The molecule has 0 unspecified atom stereocenters. The molecule has 0 bridgehead atoms. The quantitative estimate of drug-likeness (QED) is 0.852. The van der Waals surface area contributed by atoms with E-state index >= 15 is 0 Å². The molecule has 3 N–H and O–H groups in total. The van der Waals surface area contributed by atoms with Crippen LogP contribution in [0.1, 0.15) is 19.8 Å². The number of rotatable bonds is 4. The van der Waals surface area contributed by atoms with Gasteiger partial charge in [-0.25, -0.2) is 17.9 Å². The van der Waals surface area contributed by atoms with Crippen molar-refractivity contribution < 1.29 is 17.6 Å². The van der Waals surface area contributed by atoms with Crippen LogP contribution in [0.15, 0.2) is 23.1 Å². The molecule has 0 aliphatic rings. The van der Waals surface area contributed by atoms with Gasteiger partial charge in [0.05, 0.1) is 5.69 Å². The molecular weight excluding hydrogens is 247 g/mol. The SMILES string of the molecule is CCCC(=O)Nc1cc(F)ccc1S(N)(=O)=O. The molecule has 7 heteroatoms. The predicted octanol–water partition coefficient (Wildman–Crippen LogP) is 1.21. The van der Waals surface area contributed by atoms with Crippen LogP contribution in [0.4, 0.5) is 10.1 Å². The molecule has 1 aromatic carbocycles. The lowest BCUT2D eigenvalue weighted by molar-refractivity contribution is -0.116. The van der Waals surface area contributed by atoms with Crippen molar-refractivity contribution in [2.24, 2.45) is 5.14 Å². The molecule has 0 aliphatic heterocycles. The third-order valence-corrected chi connectivity index (χ3v) is 2.97. The number of carbonyl (C=O) groups is 1. The number of primary sulfonamides is 1. The molecule has 17 heavy (non-hydrogen) atoms. The van der Waals surface area contributed by atoms with E-state index in [4.69, 9.17) is 5.14 Å². The molecule has 0 aliphatic carbocycles. The average molecular weight is 260 g/mol. The van der Waals surface area contributed by atoms with Crippen molar-refractivity contribution in [3.05, 3.63) is 24.0 Å². The third-order valence-electron chi connectivity index (χ3n) is 2.00. The van der Waals surface area contributed by atoms with Crippen molar-refractivity contribution in [1.29, 1.82) is 0 Å². The topological polar surface area (TPSA) is 89.3 Å². The first-order chi connectivity index (χ1) is 7.84. The maximum atomic E-state index is 13.0. The third kappa shape index (κ3) is 3.79. The van der Waals surface area contributed by atoms with Gasteiger partial charge in [-0.2, -0.15) is 0 Å². The molecule has 0 fully saturated rings. The van der Waals surface area contributed by atoms with E-state index in [1.165, 1.54) is 0 Å². The van der Waals surface area contributed by atoms with Crippen LogP contribution >= 0.6 is 0 Å². The summed E-state index contributed by atoms with van der Waals surface area (Å²) < 4.78 is 35.4. The Kier molecular flexibility index (Phi) is 4.19. The number of halogens is 1. The standard InChI is InChI=1S/C10H13FN2O3S/c1-2-3-10(14)13-8-6-7(11)4-5-9(8)17(12,15)16/h4-6H,2-3H2,1H3,(H,13,14)(H2,12,15,16). The second-order valence-corrected chi connectivity index (χ2v) is 5.01. The van der Waals surface area contributed by atoms with Crippen LogP contribution < -0.4 is 10.5 Å². The van der Waals surface area contributed by atoms with Gasteiger partial charge >= 0.3 is 0 Å². The molecule has 1 aromatic rings. The molecule has 94 valence electrons. The van der Waals surface area contributed by atoms with Gasteiger partial charge in [0.2, 0.25) is 15.9 Å². The zero-order chi connectivity index (χ0) is 13.1. The van der Waals surface area contributed by atoms with Crippen molar-refractivity contribution in [2.45, 2.75) is 24.7 Å². The zero-order valence-corrected chi connectivity index (χ0v) is 10.1. The van der Waals surface area contributed by atoms with E-state index in [0.29, 0.717) is 6.42 Å². The van der Waals surface area contributed by atoms with E-state index in [1.807, 2.05) is 0 Å². The Morgan fingerprint density at radius 3 is 2.65 bits per heavy atom. The van der Waals surface area contributed by atoms with Gasteiger partial charge in [-0.3, -0.25) is 4.79 Å². The van der Waals surface area contributed by atoms with Crippen LogP contribution in [-0.4, -0.2) is 14.3 Å². The molecule has 0 saturated carbocycles. The Labute approximate surface area is 98.9 Å². The summed E-state index contributed by atoms with van der Waals surface area (Å²) in [5.74, 6) is -1.04. The summed E-state index contributed by atoms with van der Waals surface area (Å²) in [5, 5.41) is 7.28. The van der Waals surface area contributed by atoms with Gasteiger partial charge in [0, 0.05) is 6.42 Å². The minimum atomic E-state index is -3.99. The van der Waals surface area contributed by atoms with Crippen LogP contribution in [-0.2, 0) is 14.8 Å². The van der Waals surface area contributed by atoms with Gasteiger partial charge in [-0.05, 0) is 24.6 Å². The molecule has 0 heterocycles. The first kappa shape index (κ1) is 13.6. The molecular formula is C10H13FN2O3S. The molecule has 0 radical (unpaired) electrons. The van der Waals surface area contributed by atoms with Crippen LogP contribution in [0.3, 0.4) is 0 Å². The number of carbonyl (C=O) groups excluding carboxylic acids is 1. The van der Waals surface area contributed by atoms with E-state index in [2.05, 4.69) is 5.32 Å². The second-order valence-electron chi connectivity index (χ2n) is 3.48. The van der Waals surface area contributed by atoms with Gasteiger partial charge < -0.3 is 5.32 Å². The fourth-order valence-electron chi connectivity index (χ4n) is 1.29. The highest BCUT2D eigenvalue weighted by atomic mass is 32.2. The summed E-state index contributed by atoms with van der Waals surface area (Å²) in [6.45, 7) is 1.80. The molecule has 5 nitrogen and oxygen atoms in total. The summed E-state index contributed by atoms with van der Waals surface area (Å²) in [6, 6.07) is 2.91. The van der Waals surface area contributed by atoms with Crippen LogP contribution in [0.5, 0.6) is 0 Å². The second kappa shape index (κ2) is 5.24. The molecule has 0 spiro atoms. The lowest BCUT2D eigenvalue weighted by atomic mass is 10.2. The number of hydrogen-bond acceptors (Lipinski definition) is 3. The monoisotopic (exact) mass is 260 g/mol. The number of nitrogens with two attached hydrogens (primary N) is 1. The van der Waals surface area contributed by atoms with Crippen LogP contribution in [0.25, 0.3) is 0 Å². The Morgan fingerprint density at radius 2 is 2.12 bits per heavy atom. The largest absolute Gasteiger partial charge is 0.325 e. The van der Waals surface area contributed by atoms with Gasteiger partial charge in [-0.1, -0.05) is 6.92 Å². The highest BCUT2D eigenvalue weighted by molar-refractivity contribution is 7.89. The van der Waals surface area contributed by atoms with Gasteiger partial charge in [-0.15, -0.1) is 0 Å². The maximum Gasteiger partial charge on any atom is 0.240 e. The summed E-state index contributed by atoms with van der Waals surface area (Å²) >= 11 is 0. The zero-order valence-electron chi connectivity index (χ0n) is 9.23. The van der Waals surface area contributed by atoms with Crippen LogP contribution in [0.2, 0.25) is 0 Å². The molecule has 0 atom stereocenters. The Bertz CT molecular complexity index is 528. The first-order valence-electron chi connectivity index (χ1n) is 4.96. The lowest BCUT2D eigenvalue weighted by Gasteiger charge is -2.09. The van der Waals surface area contributed by atoms with E-state index in [1.54, 1.807) is 6.92 Å². The molecule has 0 aromatic heterocycles. The lowest BCUT2D eigenvalue weighted by Crippen LogP contribution is -2.18. The van der Waals surface area contributed by atoms with E-state index in [0.717, 1.165) is 18.2 Å². The Balaban J connectivity index is 3.13. The van der Waals surface area contributed by atoms with Gasteiger partial charge in [0.1, 0.15) is 10.7 Å². The fourth-order valence-corrected chi connectivity index (χ4v) is 1.96. The number of amides is 1. The summed E-state index contributed by atoms with van der Waals surface area (Å²) in [7, 11) is -3.99. The minimum Gasteiger partial charge on any atom is -0.325 e. The highest BCUT2D eigenvalue weighted by Crippen LogP contribution is 2.21. The van der Waals surface area contributed by atoms with E-state index in [-0.39, 0.29) is 22.9 Å². The summed E-state index contributed by atoms with van der Waals surface area (Å²) in [4.78, 5) is 11.0. The smallest absolute Gasteiger partial charge is 0.240 e. The highest BCUT2D eigenvalue weighted by Gasteiger charge is 2.16.